The first kappa shape index (κ1) is 26.5. The normalized spacial score (nSPS) is 14.0. The van der Waals surface area contributed by atoms with E-state index < -0.39 is 5.97 Å². The highest BCUT2D eigenvalue weighted by Crippen LogP contribution is 2.29. The van der Waals surface area contributed by atoms with Crippen LogP contribution in [0.25, 0.3) is 23.2 Å². The maximum atomic E-state index is 11.3. The summed E-state index contributed by atoms with van der Waals surface area (Å²) in [5, 5.41) is 11.3. The van der Waals surface area contributed by atoms with Crippen LogP contribution in [0.5, 0.6) is 11.5 Å². The summed E-state index contributed by atoms with van der Waals surface area (Å²) in [5.74, 6) is 0.710. The number of methoxy groups -OCH3 is 1. The van der Waals surface area contributed by atoms with Crippen molar-refractivity contribution in [3.05, 3.63) is 53.3 Å². The third-order valence-corrected chi connectivity index (χ3v) is 5.49. The van der Waals surface area contributed by atoms with Crippen molar-refractivity contribution in [3.63, 3.8) is 0 Å². The van der Waals surface area contributed by atoms with Crippen molar-refractivity contribution >= 4 is 54.0 Å². The molecule has 1 aromatic heterocycles. The summed E-state index contributed by atoms with van der Waals surface area (Å²) in [4.78, 5) is 21.2. The smallest absolute Gasteiger partial charge is 0.161 e. The van der Waals surface area contributed by atoms with Gasteiger partial charge in [-0.25, -0.2) is 4.98 Å². The van der Waals surface area contributed by atoms with Crippen LogP contribution in [0.1, 0.15) is 41.0 Å². The van der Waals surface area contributed by atoms with E-state index in [1.165, 1.54) is 25.3 Å². The Kier molecular flexibility index (Phi) is 10.0. The Morgan fingerprint density at radius 3 is 2.64 bits per heavy atom. The molecule has 0 atom stereocenters. The van der Waals surface area contributed by atoms with Gasteiger partial charge in [0.25, 0.3) is 0 Å². The topological polar surface area (TPSA) is 90.5 Å². The highest BCUT2D eigenvalue weighted by molar-refractivity contribution is 6.00. The summed E-state index contributed by atoms with van der Waals surface area (Å²) in [6.07, 6.45) is 7.54. The number of ether oxygens (including phenoxy) is 2. The number of aromatic carboxylic acids is 1. The number of hydrogen-bond acceptors (Lipinski definition) is 6. The van der Waals surface area contributed by atoms with Crippen LogP contribution in [0.15, 0.2) is 36.4 Å². The number of aromatic nitrogens is 2. The number of para-hydroxylation sites is 1. The molecule has 0 spiro atoms. The number of hydrogen-bond donors (Lipinski definition) is 1. The van der Waals surface area contributed by atoms with Crippen molar-refractivity contribution in [2.24, 2.45) is 0 Å². The molecule has 3 aromatic rings. The van der Waals surface area contributed by atoms with Gasteiger partial charge < -0.3 is 24.4 Å². The molecule has 1 N–H and O–H groups in total. The lowest BCUT2D eigenvalue weighted by molar-refractivity contribution is -0.254. The standard InChI is InChI=1S/C24H27N3O4.2ClH/c1-30-21-16-17(8-10-20(21)31-15-14-27-12-3-2-4-13-27)9-11-22-25-19-7-5-6-18(24(28)29)23(19)26-22;;/h5-11,16H,2-4,12-15H2,1H3,(H,25,26)(H,28,29);2*1H/p-1/b11-9+;;. The summed E-state index contributed by atoms with van der Waals surface area (Å²) in [7, 11) is 1.63. The quantitative estimate of drug-likeness (QED) is 0.513. The monoisotopic (exact) mass is 492 g/mol. The molecule has 9 heteroatoms. The second-order valence-electron chi connectivity index (χ2n) is 7.61. The molecule has 33 heavy (non-hydrogen) atoms. The minimum atomic E-state index is -1.24. The van der Waals surface area contributed by atoms with Crippen molar-refractivity contribution in [1.29, 1.82) is 0 Å². The van der Waals surface area contributed by atoms with Gasteiger partial charge in [0.15, 0.2) is 11.5 Å². The second kappa shape index (κ2) is 12.5. The predicted octanol–water partition coefficient (Wildman–Crippen LogP) is 3.81. The Morgan fingerprint density at radius 1 is 1.12 bits per heavy atom. The number of rotatable bonds is 8. The van der Waals surface area contributed by atoms with E-state index in [-0.39, 0.29) is 30.4 Å². The molecule has 7 nitrogen and oxygen atoms in total. The molecular formula is C24H28Cl2N3O4-. The lowest BCUT2D eigenvalue weighted by Crippen LogP contribution is -2.33. The largest absolute Gasteiger partial charge is 0.545 e. The molecule has 0 bridgehead atoms. The van der Waals surface area contributed by atoms with Gasteiger partial charge in [-0.2, -0.15) is 0 Å². The average molecular weight is 493 g/mol. The summed E-state index contributed by atoms with van der Waals surface area (Å²) >= 11 is 0. The van der Waals surface area contributed by atoms with Crippen LogP contribution in [0.4, 0.5) is 0 Å². The molecule has 2 heterocycles. The average Bonchev–Trinajstić information content (AvgIpc) is 3.22. The van der Waals surface area contributed by atoms with Crippen LogP contribution in [0.3, 0.4) is 0 Å². The number of carboxylic acids is 1. The van der Waals surface area contributed by atoms with Crippen LogP contribution in [-0.2, 0) is 0 Å². The Labute approximate surface area is 205 Å². The number of carbonyl (C=O) groups is 1. The van der Waals surface area contributed by atoms with E-state index in [0.717, 1.165) is 30.9 Å². The Morgan fingerprint density at radius 2 is 1.91 bits per heavy atom. The fourth-order valence-corrected chi connectivity index (χ4v) is 3.84. The number of fused-ring (bicyclic) bond motifs is 1. The molecule has 0 saturated carbocycles. The third-order valence-electron chi connectivity index (χ3n) is 5.49. The fraction of sp³-hybridized carbons (Fsp3) is 0.333. The number of halogens is 2. The summed E-state index contributed by atoms with van der Waals surface area (Å²) in [6.45, 7) is 3.85. The number of carbonyl (C=O) groups excluding carboxylic acids is 1. The lowest BCUT2D eigenvalue weighted by atomic mass is 10.1. The minimum Gasteiger partial charge on any atom is -0.545 e. The van der Waals surface area contributed by atoms with Crippen molar-refractivity contribution < 1.29 is 19.4 Å². The number of aromatic amines is 1. The Balaban J connectivity index is 0.00000193. The molecule has 1 fully saturated rings. The van der Waals surface area contributed by atoms with Crippen LogP contribution < -0.4 is 14.6 Å². The number of carboxylic acid groups (broad SMARTS) is 1. The van der Waals surface area contributed by atoms with E-state index in [1.807, 2.05) is 24.3 Å². The molecule has 4 rings (SSSR count). The third kappa shape index (κ3) is 6.63. The predicted molar refractivity (Wildman–Crippen MR) is 133 cm³/mol. The van der Waals surface area contributed by atoms with Gasteiger partial charge in [0, 0.05) is 12.1 Å². The molecule has 1 saturated heterocycles. The van der Waals surface area contributed by atoms with Gasteiger partial charge in [-0.15, -0.1) is 24.8 Å². The first-order valence-corrected chi connectivity index (χ1v) is 10.6. The van der Waals surface area contributed by atoms with Gasteiger partial charge in [0.1, 0.15) is 12.4 Å². The van der Waals surface area contributed by atoms with E-state index in [4.69, 9.17) is 9.47 Å². The van der Waals surface area contributed by atoms with Crippen molar-refractivity contribution in [2.75, 3.05) is 33.4 Å². The van der Waals surface area contributed by atoms with Crippen LogP contribution in [0.2, 0.25) is 0 Å². The molecule has 0 amide bonds. The molecule has 0 radical (unpaired) electrons. The first-order chi connectivity index (χ1) is 15.1. The van der Waals surface area contributed by atoms with Gasteiger partial charge in [-0.3, -0.25) is 4.90 Å². The lowest BCUT2D eigenvalue weighted by Gasteiger charge is -2.26. The van der Waals surface area contributed by atoms with E-state index >= 15 is 0 Å². The zero-order valence-electron chi connectivity index (χ0n) is 18.4. The van der Waals surface area contributed by atoms with Gasteiger partial charge in [-0.1, -0.05) is 30.7 Å². The van der Waals surface area contributed by atoms with E-state index in [9.17, 15) is 9.90 Å². The number of nitrogens with one attached hydrogen (secondary N) is 1. The molecule has 0 unspecified atom stereocenters. The van der Waals surface area contributed by atoms with Crippen molar-refractivity contribution in [3.8, 4) is 11.5 Å². The highest BCUT2D eigenvalue weighted by Gasteiger charge is 2.11. The van der Waals surface area contributed by atoms with Gasteiger partial charge >= 0.3 is 0 Å². The second-order valence-corrected chi connectivity index (χ2v) is 7.61. The first-order valence-electron chi connectivity index (χ1n) is 10.6. The van der Waals surface area contributed by atoms with Crippen LogP contribution >= 0.6 is 24.8 Å². The van der Waals surface area contributed by atoms with E-state index in [2.05, 4.69) is 14.9 Å². The van der Waals surface area contributed by atoms with Crippen LogP contribution in [0, 0.1) is 0 Å². The number of likely N-dealkylation sites (tertiary alicyclic amines) is 1. The Bertz CT molecular complexity index is 1090. The Hall–Kier alpha value is -2.74. The van der Waals surface area contributed by atoms with E-state index in [1.54, 1.807) is 25.3 Å². The summed E-state index contributed by atoms with van der Waals surface area (Å²) < 4.78 is 11.5. The highest BCUT2D eigenvalue weighted by atomic mass is 35.5. The van der Waals surface area contributed by atoms with Crippen LogP contribution in [-0.4, -0.2) is 54.2 Å². The fourth-order valence-electron chi connectivity index (χ4n) is 3.84. The molecule has 0 aliphatic carbocycles. The molecule has 2 aromatic carbocycles. The number of imidazole rings is 1. The molecular weight excluding hydrogens is 465 g/mol. The van der Waals surface area contributed by atoms with Gasteiger partial charge in [0.2, 0.25) is 0 Å². The summed E-state index contributed by atoms with van der Waals surface area (Å²) in [5.41, 5.74) is 2.02. The number of piperidine rings is 1. The number of nitrogens with zero attached hydrogens (tertiary/aromatic N) is 2. The maximum Gasteiger partial charge on any atom is 0.161 e. The maximum absolute atomic E-state index is 11.3. The zero-order chi connectivity index (χ0) is 21.6. The van der Waals surface area contributed by atoms with Crippen molar-refractivity contribution in [1.82, 2.24) is 14.9 Å². The number of H-pyrrole nitrogens is 1. The van der Waals surface area contributed by atoms with Gasteiger partial charge in [0.05, 0.1) is 24.1 Å². The SMILES string of the molecule is COc1cc(/C=C/c2nc3c(C(=O)[O-])cccc3[nH]2)ccc1OCCN1CCCCC1.Cl.Cl. The molecule has 1 aliphatic rings. The molecule has 1 aliphatic heterocycles. The zero-order valence-corrected chi connectivity index (χ0v) is 20.0. The minimum absolute atomic E-state index is 0. The number of benzene rings is 2. The summed E-state index contributed by atoms with van der Waals surface area (Å²) in [6, 6.07) is 10.7. The van der Waals surface area contributed by atoms with Gasteiger partial charge in [-0.05, 0) is 55.8 Å². The van der Waals surface area contributed by atoms with E-state index in [0.29, 0.717) is 29.2 Å². The molecule has 178 valence electrons. The van der Waals surface area contributed by atoms with Crippen molar-refractivity contribution in [2.45, 2.75) is 19.3 Å².